The Morgan fingerprint density at radius 1 is 1.04 bits per heavy atom. The number of para-hydroxylation sites is 2. The van der Waals surface area contributed by atoms with Gasteiger partial charge in [0.2, 0.25) is 0 Å². The summed E-state index contributed by atoms with van der Waals surface area (Å²) in [6.07, 6.45) is 1.37. The van der Waals surface area contributed by atoms with E-state index in [0.29, 0.717) is 5.54 Å². The Morgan fingerprint density at radius 3 is 2.28 bits per heavy atom. The first-order chi connectivity index (χ1) is 11.7. The van der Waals surface area contributed by atoms with Gasteiger partial charge in [-0.15, -0.1) is 0 Å². The predicted octanol–water partition coefficient (Wildman–Crippen LogP) is 3.51. The van der Waals surface area contributed by atoms with Crippen LogP contribution in [0, 0.1) is 0 Å². The number of nitrogens with one attached hydrogen (secondary N) is 1. The largest absolute Gasteiger partial charge is 0.490 e. The number of hydrogen-bond donors (Lipinski definition) is 1. The second kappa shape index (κ2) is 6.81. The minimum atomic E-state index is 0.167. The summed E-state index contributed by atoms with van der Waals surface area (Å²) in [5.41, 5.74) is 1.76. The van der Waals surface area contributed by atoms with Gasteiger partial charge in [-0.1, -0.05) is 12.1 Å². The first kappa shape index (κ1) is 18.5. The summed E-state index contributed by atoms with van der Waals surface area (Å²) in [6.45, 7) is 17.9. The first-order valence-corrected chi connectivity index (χ1v) is 9.66. The molecule has 0 aromatic heterocycles. The zero-order valence-electron chi connectivity index (χ0n) is 16.8. The molecule has 1 aromatic carbocycles. The molecule has 3 aliphatic heterocycles. The molecule has 0 saturated carbocycles. The number of likely N-dealkylation sites (tertiary alicyclic amines) is 1. The highest BCUT2D eigenvalue weighted by molar-refractivity contribution is 5.61. The third kappa shape index (κ3) is 4.12. The molecular formula is C21H35N3O. The SMILES string of the molecule is CC(C)(C)N1CCOc2ccccc21.CC(C)(C)N1C[C@H]2C[C@@H]1CN2. The molecule has 4 rings (SSSR count). The third-order valence-electron chi connectivity index (χ3n) is 5.46. The van der Waals surface area contributed by atoms with Gasteiger partial charge in [0.1, 0.15) is 12.4 Å². The average Bonchev–Trinajstić information content (AvgIpc) is 3.17. The second-order valence-corrected chi connectivity index (χ2v) is 9.46. The molecule has 2 fully saturated rings. The zero-order valence-corrected chi connectivity index (χ0v) is 16.8. The number of nitrogens with zero attached hydrogens (tertiary/aromatic N) is 2. The van der Waals surface area contributed by atoms with Gasteiger partial charge < -0.3 is 15.0 Å². The smallest absolute Gasteiger partial charge is 0.142 e. The van der Waals surface area contributed by atoms with Crippen LogP contribution in [0.1, 0.15) is 48.0 Å². The molecule has 1 N–H and O–H groups in total. The van der Waals surface area contributed by atoms with E-state index in [1.807, 2.05) is 12.1 Å². The maximum absolute atomic E-state index is 5.61. The summed E-state index contributed by atoms with van der Waals surface area (Å²) < 4.78 is 5.61. The lowest BCUT2D eigenvalue weighted by molar-refractivity contribution is 0.106. The van der Waals surface area contributed by atoms with Crippen molar-refractivity contribution < 1.29 is 4.74 Å². The van der Waals surface area contributed by atoms with Crippen molar-refractivity contribution in [3.63, 3.8) is 0 Å². The molecule has 2 atom stereocenters. The van der Waals surface area contributed by atoms with E-state index in [-0.39, 0.29) is 5.54 Å². The van der Waals surface area contributed by atoms with Gasteiger partial charge >= 0.3 is 0 Å². The summed E-state index contributed by atoms with van der Waals surface area (Å²) in [7, 11) is 0. The third-order valence-corrected chi connectivity index (χ3v) is 5.46. The molecule has 3 heterocycles. The van der Waals surface area contributed by atoms with E-state index < -0.39 is 0 Å². The van der Waals surface area contributed by atoms with Crippen molar-refractivity contribution in [3.8, 4) is 5.75 Å². The van der Waals surface area contributed by atoms with Crippen LogP contribution in [0.15, 0.2) is 24.3 Å². The van der Waals surface area contributed by atoms with Gasteiger partial charge in [0.25, 0.3) is 0 Å². The summed E-state index contributed by atoms with van der Waals surface area (Å²) in [6, 6.07) is 9.85. The molecule has 3 aliphatic rings. The Hall–Kier alpha value is -1.26. The van der Waals surface area contributed by atoms with Crippen LogP contribution in [0.25, 0.3) is 0 Å². The lowest BCUT2D eigenvalue weighted by Gasteiger charge is -2.41. The lowest BCUT2D eigenvalue weighted by atomic mass is 10.0. The Kier molecular flexibility index (Phi) is 5.04. The number of rotatable bonds is 0. The Morgan fingerprint density at radius 2 is 1.76 bits per heavy atom. The minimum Gasteiger partial charge on any atom is -0.490 e. The molecule has 25 heavy (non-hydrogen) atoms. The number of ether oxygens (including phenoxy) is 1. The van der Waals surface area contributed by atoms with E-state index in [1.165, 1.54) is 25.2 Å². The van der Waals surface area contributed by atoms with Gasteiger partial charge in [-0.05, 0) is 60.1 Å². The van der Waals surface area contributed by atoms with Crippen LogP contribution in [-0.2, 0) is 0 Å². The number of piperazine rings is 1. The fraction of sp³-hybridized carbons (Fsp3) is 0.714. The van der Waals surface area contributed by atoms with Gasteiger partial charge in [0, 0.05) is 36.3 Å². The van der Waals surface area contributed by atoms with Crippen molar-refractivity contribution in [1.82, 2.24) is 10.2 Å². The van der Waals surface area contributed by atoms with E-state index in [4.69, 9.17) is 4.74 Å². The van der Waals surface area contributed by atoms with Crippen LogP contribution in [0.4, 0.5) is 5.69 Å². The minimum absolute atomic E-state index is 0.167. The van der Waals surface area contributed by atoms with Crippen LogP contribution in [0.2, 0.25) is 0 Å². The van der Waals surface area contributed by atoms with Gasteiger partial charge in [-0.2, -0.15) is 0 Å². The summed E-state index contributed by atoms with van der Waals surface area (Å²) in [5, 5.41) is 3.52. The standard InChI is InChI=1S/C12H17NO.C9H18N2/c1-12(2,3)13-8-9-14-11-7-5-4-6-10(11)13;1-9(2,3)11-6-7-4-8(11)5-10-7/h4-7H,8-9H2,1-3H3;7-8,10H,4-6H2,1-3H3/t;7-,8-/m.1/s1. The summed E-state index contributed by atoms with van der Waals surface area (Å²) in [4.78, 5) is 5.03. The molecule has 0 amide bonds. The molecule has 2 saturated heterocycles. The molecule has 140 valence electrons. The van der Waals surface area contributed by atoms with E-state index in [1.54, 1.807) is 0 Å². The van der Waals surface area contributed by atoms with Crippen molar-refractivity contribution in [2.45, 2.75) is 71.1 Å². The van der Waals surface area contributed by atoms with Crippen LogP contribution in [-0.4, -0.2) is 54.3 Å². The van der Waals surface area contributed by atoms with E-state index in [9.17, 15) is 0 Å². The Labute approximate surface area is 153 Å². The van der Waals surface area contributed by atoms with Crippen LogP contribution in [0.5, 0.6) is 5.75 Å². The van der Waals surface area contributed by atoms with Gasteiger partial charge in [0.05, 0.1) is 12.2 Å². The molecule has 0 spiro atoms. The molecule has 4 heteroatoms. The maximum atomic E-state index is 5.61. The van der Waals surface area contributed by atoms with Gasteiger partial charge in [-0.25, -0.2) is 0 Å². The predicted molar refractivity (Wildman–Crippen MR) is 106 cm³/mol. The van der Waals surface area contributed by atoms with Crippen molar-refractivity contribution >= 4 is 5.69 Å². The molecule has 0 aliphatic carbocycles. The maximum Gasteiger partial charge on any atom is 0.142 e. The molecule has 0 radical (unpaired) electrons. The fourth-order valence-electron chi connectivity index (χ4n) is 4.25. The van der Waals surface area contributed by atoms with Crippen molar-refractivity contribution in [1.29, 1.82) is 0 Å². The lowest BCUT2D eigenvalue weighted by Crippen LogP contribution is -2.52. The van der Waals surface area contributed by atoms with E-state index >= 15 is 0 Å². The van der Waals surface area contributed by atoms with Gasteiger partial charge in [0.15, 0.2) is 0 Å². The average molecular weight is 346 g/mol. The quantitative estimate of drug-likeness (QED) is 0.779. The normalized spacial score (nSPS) is 25.9. The monoisotopic (exact) mass is 345 g/mol. The zero-order chi connectivity index (χ0) is 18.2. The summed E-state index contributed by atoms with van der Waals surface area (Å²) in [5.74, 6) is 1.01. The number of anilines is 1. The molecule has 2 bridgehead atoms. The van der Waals surface area contributed by atoms with E-state index in [2.05, 4.69) is 68.8 Å². The number of fused-ring (bicyclic) bond motifs is 3. The molecule has 1 aromatic rings. The van der Waals surface area contributed by atoms with Crippen molar-refractivity contribution in [2.24, 2.45) is 0 Å². The highest BCUT2D eigenvalue weighted by Gasteiger charge is 2.42. The Balaban J connectivity index is 0.000000150. The first-order valence-electron chi connectivity index (χ1n) is 9.66. The van der Waals surface area contributed by atoms with Gasteiger partial charge in [-0.3, -0.25) is 4.90 Å². The van der Waals surface area contributed by atoms with Crippen molar-refractivity contribution in [3.05, 3.63) is 24.3 Å². The fourth-order valence-corrected chi connectivity index (χ4v) is 4.25. The molecule has 0 unspecified atom stereocenters. The molecular weight excluding hydrogens is 310 g/mol. The van der Waals surface area contributed by atoms with Crippen LogP contribution >= 0.6 is 0 Å². The Bertz CT molecular complexity index is 588. The number of hydrogen-bond acceptors (Lipinski definition) is 4. The second-order valence-electron chi connectivity index (χ2n) is 9.46. The van der Waals surface area contributed by atoms with Crippen molar-refractivity contribution in [2.75, 3.05) is 31.1 Å². The van der Waals surface area contributed by atoms with Crippen LogP contribution < -0.4 is 15.0 Å². The van der Waals surface area contributed by atoms with E-state index in [0.717, 1.165) is 31.0 Å². The highest BCUT2D eigenvalue weighted by Crippen LogP contribution is 2.35. The molecule has 4 nitrogen and oxygen atoms in total. The number of benzene rings is 1. The highest BCUT2D eigenvalue weighted by atomic mass is 16.5. The summed E-state index contributed by atoms with van der Waals surface area (Å²) >= 11 is 0. The van der Waals surface area contributed by atoms with Crippen LogP contribution in [0.3, 0.4) is 0 Å². The topological polar surface area (TPSA) is 27.7 Å².